The molecule has 0 atom stereocenters. The normalized spacial score (nSPS) is 18.4. The molecular formula is C19H31N3O. The molecule has 1 amide bonds. The fourth-order valence-corrected chi connectivity index (χ4v) is 3.18. The summed E-state index contributed by atoms with van der Waals surface area (Å²) in [6, 6.07) is 8.53. The molecule has 23 heavy (non-hydrogen) atoms. The van der Waals surface area contributed by atoms with Gasteiger partial charge in [0.25, 0.3) is 5.91 Å². The van der Waals surface area contributed by atoms with Crippen molar-refractivity contribution in [3.63, 3.8) is 0 Å². The van der Waals surface area contributed by atoms with E-state index in [0.29, 0.717) is 6.04 Å². The van der Waals surface area contributed by atoms with Crippen LogP contribution in [-0.2, 0) is 6.54 Å². The Labute approximate surface area is 140 Å². The van der Waals surface area contributed by atoms with E-state index >= 15 is 0 Å². The van der Waals surface area contributed by atoms with Gasteiger partial charge < -0.3 is 15.1 Å². The molecule has 4 nitrogen and oxygen atoms in total. The van der Waals surface area contributed by atoms with Crippen molar-refractivity contribution in [3.8, 4) is 0 Å². The molecule has 1 heterocycles. The molecule has 0 aromatic heterocycles. The van der Waals surface area contributed by atoms with Crippen molar-refractivity contribution in [2.24, 2.45) is 0 Å². The molecule has 1 N–H and O–H groups in total. The summed E-state index contributed by atoms with van der Waals surface area (Å²) in [4.78, 5) is 17.2. The van der Waals surface area contributed by atoms with Crippen LogP contribution in [0.5, 0.6) is 0 Å². The third-order valence-corrected chi connectivity index (χ3v) is 4.74. The Hall–Kier alpha value is -1.39. The summed E-state index contributed by atoms with van der Waals surface area (Å²) < 4.78 is 0. The van der Waals surface area contributed by atoms with Gasteiger partial charge in [-0.25, -0.2) is 0 Å². The summed E-state index contributed by atoms with van der Waals surface area (Å²) in [6.45, 7) is 9.59. The highest BCUT2D eigenvalue weighted by Crippen LogP contribution is 2.23. The van der Waals surface area contributed by atoms with Crippen LogP contribution in [0.1, 0.15) is 49.5 Å². The van der Waals surface area contributed by atoms with Crippen LogP contribution < -0.4 is 5.32 Å². The van der Waals surface area contributed by atoms with E-state index in [-0.39, 0.29) is 11.4 Å². The number of amides is 1. The lowest BCUT2D eigenvalue weighted by molar-refractivity contribution is 0.0801. The van der Waals surface area contributed by atoms with Crippen LogP contribution in [0.4, 0.5) is 0 Å². The quantitative estimate of drug-likeness (QED) is 0.907. The van der Waals surface area contributed by atoms with Gasteiger partial charge in [0.15, 0.2) is 0 Å². The van der Waals surface area contributed by atoms with Gasteiger partial charge in [-0.3, -0.25) is 4.79 Å². The summed E-state index contributed by atoms with van der Waals surface area (Å²) in [5.74, 6) is 0.0473. The number of nitrogens with one attached hydrogen (secondary N) is 1. The maximum atomic E-state index is 12.6. The molecule has 1 saturated heterocycles. The number of nitrogens with zero attached hydrogens (tertiary/aromatic N) is 2. The summed E-state index contributed by atoms with van der Waals surface area (Å²) in [5, 5.41) is 3.27. The molecule has 4 heteroatoms. The lowest BCUT2D eigenvalue weighted by Crippen LogP contribution is -2.54. The zero-order valence-electron chi connectivity index (χ0n) is 15.2. The second-order valence-electron chi connectivity index (χ2n) is 7.58. The van der Waals surface area contributed by atoms with Crippen molar-refractivity contribution < 1.29 is 4.79 Å². The predicted octanol–water partition coefficient (Wildman–Crippen LogP) is 2.74. The summed E-state index contributed by atoms with van der Waals surface area (Å²) in [5.41, 5.74) is 1.83. The van der Waals surface area contributed by atoms with E-state index in [0.717, 1.165) is 38.0 Å². The van der Waals surface area contributed by atoms with Gasteiger partial charge in [0.05, 0.1) is 0 Å². The molecule has 0 radical (unpaired) electrons. The Morgan fingerprint density at radius 3 is 2.52 bits per heavy atom. The minimum Gasteiger partial charge on any atom is -0.347 e. The number of piperidine rings is 1. The maximum Gasteiger partial charge on any atom is 0.251 e. The predicted molar refractivity (Wildman–Crippen MR) is 95.6 cm³/mol. The molecule has 1 aromatic carbocycles. The van der Waals surface area contributed by atoms with Crippen molar-refractivity contribution >= 4 is 5.91 Å². The Kier molecular flexibility index (Phi) is 5.82. The topological polar surface area (TPSA) is 35.6 Å². The molecule has 128 valence electrons. The molecular weight excluding hydrogens is 286 g/mol. The number of likely N-dealkylation sites (tertiary alicyclic amines) is 1. The first-order chi connectivity index (χ1) is 10.8. The average Bonchev–Trinajstić information content (AvgIpc) is 2.47. The van der Waals surface area contributed by atoms with Crippen molar-refractivity contribution in [1.82, 2.24) is 15.1 Å². The van der Waals surface area contributed by atoms with Gasteiger partial charge in [0.1, 0.15) is 0 Å². The van der Waals surface area contributed by atoms with Crippen LogP contribution in [0, 0.1) is 0 Å². The molecule has 1 aliphatic rings. The standard InChI is InChI=1S/C19H31N3O/c1-15(2)22-11-9-19(3,10-12-22)20-18(23)17-8-6-7-16(13-17)14-21(4)5/h6-8,13,15H,9-12,14H2,1-5H3,(H,20,23). The molecule has 0 spiro atoms. The zero-order chi connectivity index (χ0) is 17.0. The number of benzene rings is 1. The average molecular weight is 317 g/mol. The molecule has 2 rings (SSSR count). The van der Waals surface area contributed by atoms with E-state index in [1.54, 1.807) is 0 Å². The molecule has 1 aliphatic heterocycles. The molecule has 1 fully saturated rings. The smallest absolute Gasteiger partial charge is 0.251 e. The van der Waals surface area contributed by atoms with Crippen molar-refractivity contribution in [3.05, 3.63) is 35.4 Å². The fraction of sp³-hybridized carbons (Fsp3) is 0.632. The van der Waals surface area contributed by atoms with Crippen LogP contribution >= 0.6 is 0 Å². The first-order valence-electron chi connectivity index (χ1n) is 8.59. The monoisotopic (exact) mass is 317 g/mol. The minimum atomic E-state index is -0.0972. The van der Waals surface area contributed by atoms with Gasteiger partial charge in [0.2, 0.25) is 0 Å². The number of hydrogen-bond acceptors (Lipinski definition) is 3. The highest BCUT2D eigenvalue weighted by Gasteiger charge is 2.32. The molecule has 0 aliphatic carbocycles. The van der Waals surface area contributed by atoms with Crippen LogP contribution in [-0.4, -0.2) is 54.5 Å². The molecule has 0 saturated carbocycles. The Morgan fingerprint density at radius 2 is 1.96 bits per heavy atom. The fourth-order valence-electron chi connectivity index (χ4n) is 3.18. The summed E-state index contributed by atoms with van der Waals surface area (Å²) >= 11 is 0. The van der Waals surface area contributed by atoms with E-state index in [1.165, 1.54) is 5.56 Å². The number of rotatable bonds is 5. The molecule has 1 aromatic rings. The van der Waals surface area contributed by atoms with Gasteiger partial charge in [-0.15, -0.1) is 0 Å². The molecule has 0 bridgehead atoms. The van der Waals surface area contributed by atoms with Crippen LogP contribution in [0.2, 0.25) is 0 Å². The summed E-state index contributed by atoms with van der Waals surface area (Å²) in [7, 11) is 4.08. The number of carbonyl (C=O) groups is 1. The maximum absolute atomic E-state index is 12.6. The Balaban J connectivity index is 1.99. The lowest BCUT2D eigenvalue weighted by Gasteiger charge is -2.41. The van der Waals surface area contributed by atoms with E-state index in [1.807, 2.05) is 32.3 Å². The second-order valence-corrected chi connectivity index (χ2v) is 7.58. The van der Waals surface area contributed by atoms with E-state index in [4.69, 9.17) is 0 Å². The SMILES string of the molecule is CC(C)N1CCC(C)(NC(=O)c2cccc(CN(C)C)c2)CC1. The van der Waals surface area contributed by atoms with Gasteiger partial charge in [-0.1, -0.05) is 12.1 Å². The van der Waals surface area contributed by atoms with E-state index < -0.39 is 0 Å². The summed E-state index contributed by atoms with van der Waals surface area (Å²) in [6.07, 6.45) is 2.02. The third kappa shape index (κ3) is 5.05. The Bertz CT molecular complexity index is 531. The highest BCUT2D eigenvalue weighted by molar-refractivity contribution is 5.94. The first-order valence-corrected chi connectivity index (χ1v) is 8.59. The lowest BCUT2D eigenvalue weighted by atomic mass is 9.88. The molecule has 0 unspecified atom stereocenters. The van der Waals surface area contributed by atoms with Crippen molar-refractivity contribution in [1.29, 1.82) is 0 Å². The second kappa shape index (κ2) is 7.45. The minimum absolute atomic E-state index is 0.0473. The highest BCUT2D eigenvalue weighted by atomic mass is 16.1. The van der Waals surface area contributed by atoms with E-state index in [2.05, 4.69) is 42.0 Å². The third-order valence-electron chi connectivity index (χ3n) is 4.74. The van der Waals surface area contributed by atoms with E-state index in [9.17, 15) is 4.79 Å². The van der Waals surface area contributed by atoms with Crippen LogP contribution in [0.15, 0.2) is 24.3 Å². The van der Waals surface area contributed by atoms with Crippen molar-refractivity contribution in [2.75, 3.05) is 27.2 Å². The van der Waals surface area contributed by atoms with Gasteiger partial charge in [-0.2, -0.15) is 0 Å². The number of carbonyl (C=O) groups excluding carboxylic acids is 1. The number of hydrogen-bond donors (Lipinski definition) is 1. The largest absolute Gasteiger partial charge is 0.347 e. The zero-order valence-corrected chi connectivity index (χ0v) is 15.2. The Morgan fingerprint density at radius 1 is 1.30 bits per heavy atom. The van der Waals surface area contributed by atoms with Gasteiger partial charge >= 0.3 is 0 Å². The first kappa shape index (κ1) is 18.0. The van der Waals surface area contributed by atoms with Crippen LogP contribution in [0.3, 0.4) is 0 Å². The van der Waals surface area contributed by atoms with Crippen LogP contribution in [0.25, 0.3) is 0 Å². The van der Waals surface area contributed by atoms with Gasteiger partial charge in [-0.05, 0) is 65.4 Å². The van der Waals surface area contributed by atoms with Gasteiger partial charge in [0, 0.05) is 36.8 Å². The van der Waals surface area contributed by atoms with Crippen molar-refractivity contribution in [2.45, 2.75) is 51.7 Å².